The largest absolute Gasteiger partial charge is 0.448 e. The van der Waals surface area contributed by atoms with Crippen molar-refractivity contribution in [1.29, 1.82) is 0 Å². The Morgan fingerprint density at radius 2 is 1.96 bits per heavy atom. The average molecular weight is 386 g/mol. The summed E-state index contributed by atoms with van der Waals surface area (Å²) in [7, 11) is 0. The smallest absolute Gasteiger partial charge is 0.349 e. The van der Waals surface area contributed by atoms with Crippen molar-refractivity contribution in [3.63, 3.8) is 0 Å². The number of thiophene rings is 1. The summed E-state index contributed by atoms with van der Waals surface area (Å²) in [6.45, 7) is 3.74. The number of nitrogens with two attached hydrogens (primary N) is 1. The van der Waals surface area contributed by atoms with Crippen molar-refractivity contribution in [2.45, 2.75) is 39.2 Å². The van der Waals surface area contributed by atoms with Crippen LogP contribution in [-0.4, -0.2) is 23.9 Å². The number of carbonyl (C=O) groups is 3. The first-order valence-electron chi connectivity index (χ1n) is 8.86. The van der Waals surface area contributed by atoms with Crippen LogP contribution in [0.1, 0.15) is 50.7 Å². The third-order valence-electron chi connectivity index (χ3n) is 4.62. The zero-order chi connectivity index (χ0) is 19.6. The standard InChI is InChI=1S/C20H22N2O4S/c1-11-3-8-16-14(9-11)10-17(27-16)20(25)26-12(2)19(24)22-15-6-4-13(5-7-15)18(21)23/h4-7,10-12H,3,8-9H2,1-2H3,(H2,21,23)(H,22,24)/t11-,12-/m1/s1. The van der Waals surface area contributed by atoms with Gasteiger partial charge in [-0.15, -0.1) is 11.3 Å². The first-order valence-corrected chi connectivity index (χ1v) is 9.68. The van der Waals surface area contributed by atoms with Crippen LogP contribution in [0.4, 0.5) is 5.69 Å². The molecule has 3 N–H and O–H groups in total. The van der Waals surface area contributed by atoms with E-state index in [2.05, 4.69) is 12.2 Å². The molecule has 0 bridgehead atoms. The molecule has 142 valence electrons. The van der Waals surface area contributed by atoms with E-state index in [0.29, 0.717) is 22.0 Å². The summed E-state index contributed by atoms with van der Waals surface area (Å²) in [5, 5.41) is 2.65. The van der Waals surface area contributed by atoms with Crippen molar-refractivity contribution in [3.8, 4) is 0 Å². The van der Waals surface area contributed by atoms with Gasteiger partial charge in [-0.1, -0.05) is 6.92 Å². The summed E-state index contributed by atoms with van der Waals surface area (Å²) < 4.78 is 5.32. The summed E-state index contributed by atoms with van der Waals surface area (Å²) >= 11 is 1.46. The third kappa shape index (κ3) is 4.54. The van der Waals surface area contributed by atoms with Gasteiger partial charge >= 0.3 is 5.97 Å². The molecule has 1 aliphatic carbocycles. The van der Waals surface area contributed by atoms with Gasteiger partial charge in [0, 0.05) is 16.1 Å². The highest BCUT2D eigenvalue weighted by atomic mass is 32.1. The molecule has 0 aliphatic heterocycles. The lowest BCUT2D eigenvalue weighted by atomic mass is 9.90. The summed E-state index contributed by atoms with van der Waals surface area (Å²) in [6, 6.07) is 8.07. The van der Waals surface area contributed by atoms with Crippen molar-refractivity contribution in [3.05, 3.63) is 51.2 Å². The first-order chi connectivity index (χ1) is 12.8. The highest BCUT2D eigenvalue weighted by molar-refractivity contribution is 7.14. The van der Waals surface area contributed by atoms with Crippen molar-refractivity contribution in [2.75, 3.05) is 5.32 Å². The molecule has 0 saturated heterocycles. The predicted octanol–water partition coefficient (Wildman–Crippen LogP) is 3.16. The molecule has 1 aliphatic rings. The van der Waals surface area contributed by atoms with Gasteiger partial charge in [-0.2, -0.15) is 0 Å². The Bertz CT molecular complexity index is 873. The highest BCUT2D eigenvalue weighted by Gasteiger charge is 2.24. The Hall–Kier alpha value is -2.67. The van der Waals surface area contributed by atoms with Crippen LogP contribution >= 0.6 is 11.3 Å². The number of benzene rings is 1. The second kappa shape index (κ2) is 7.92. The zero-order valence-electron chi connectivity index (χ0n) is 15.3. The minimum atomic E-state index is -0.939. The molecular formula is C20H22N2O4S. The van der Waals surface area contributed by atoms with Gasteiger partial charge in [0.2, 0.25) is 5.91 Å². The Kier molecular flexibility index (Phi) is 5.60. The minimum absolute atomic E-state index is 0.350. The van der Waals surface area contributed by atoms with Crippen LogP contribution in [0.15, 0.2) is 30.3 Å². The second-order valence-electron chi connectivity index (χ2n) is 6.89. The van der Waals surface area contributed by atoms with Gasteiger partial charge in [0.25, 0.3) is 5.91 Å². The third-order valence-corrected chi connectivity index (χ3v) is 5.84. The molecular weight excluding hydrogens is 364 g/mol. The second-order valence-corrected chi connectivity index (χ2v) is 8.02. The molecule has 1 heterocycles. The molecule has 0 radical (unpaired) electrons. The van der Waals surface area contributed by atoms with Crippen LogP contribution in [0.25, 0.3) is 0 Å². The molecule has 0 spiro atoms. The number of rotatable bonds is 5. The van der Waals surface area contributed by atoms with Crippen LogP contribution in [0, 0.1) is 5.92 Å². The number of hydrogen-bond donors (Lipinski definition) is 2. The van der Waals surface area contributed by atoms with E-state index in [-0.39, 0.29) is 0 Å². The molecule has 0 fully saturated rings. The molecule has 2 aromatic rings. The lowest BCUT2D eigenvalue weighted by Gasteiger charge is -2.16. The molecule has 27 heavy (non-hydrogen) atoms. The fourth-order valence-corrected chi connectivity index (χ4v) is 4.13. The van der Waals surface area contributed by atoms with Gasteiger partial charge in [0.1, 0.15) is 4.88 Å². The summed E-state index contributed by atoms with van der Waals surface area (Å²) in [5.41, 5.74) is 7.25. The quantitative estimate of drug-likeness (QED) is 0.771. The Morgan fingerprint density at radius 1 is 1.26 bits per heavy atom. The van der Waals surface area contributed by atoms with E-state index in [1.54, 1.807) is 12.1 Å². The van der Waals surface area contributed by atoms with Crippen molar-refractivity contribution < 1.29 is 19.1 Å². The van der Waals surface area contributed by atoms with Crippen molar-refractivity contribution in [1.82, 2.24) is 0 Å². The van der Waals surface area contributed by atoms with Gasteiger partial charge in [-0.25, -0.2) is 4.79 Å². The number of amides is 2. The molecule has 0 saturated carbocycles. The van der Waals surface area contributed by atoms with Gasteiger partial charge in [-0.05, 0) is 68.0 Å². The average Bonchev–Trinajstić information content (AvgIpc) is 3.05. The number of carbonyl (C=O) groups excluding carboxylic acids is 3. The molecule has 1 aromatic heterocycles. The van der Waals surface area contributed by atoms with Crippen molar-refractivity contribution in [2.24, 2.45) is 11.7 Å². The van der Waals surface area contributed by atoms with Gasteiger partial charge in [0.15, 0.2) is 6.10 Å². The lowest BCUT2D eigenvalue weighted by Crippen LogP contribution is -2.29. The number of ether oxygens (including phenoxy) is 1. The van der Waals surface area contributed by atoms with E-state index in [1.807, 2.05) is 6.07 Å². The summed E-state index contributed by atoms with van der Waals surface area (Å²) in [6.07, 6.45) is 2.17. The molecule has 6 nitrogen and oxygen atoms in total. The number of fused-ring (bicyclic) bond motifs is 1. The number of nitrogens with one attached hydrogen (secondary N) is 1. The van der Waals surface area contributed by atoms with Gasteiger partial charge < -0.3 is 15.8 Å². The van der Waals surface area contributed by atoms with Crippen LogP contribution in [-0.2, 0) is 22.4 Å². The number of hydrogen-bond acceptors (Lipinski definition) is 5. The van der Waals surface area contributed by atoms with Crippen LogP contribution < -0.4 is 11.1 Å². The van der Waals surface area contributed by atoms with Crippen LogP contribution in [0.3, 0.4) is 0 Å². The Balaban J connectivity index is 1.59. The molecule has 3 rings (SSSR count). The topological polar surface area (TPSA) is 98.5 Å². The lowest BCUT2D eigenvalue weighted by molar-refractivity contribution is -0.123. The Morgan fingerprint density at radius 3 is 2.63 bits per heavy atom. The minimum Gasteiger partial charge on any atom is -0.448 e. The predicted molar refractivity (Wildman–Crippen MR) is 104 cm³/mol. The maximum absolute atomic E-state index is 12.4. The van der Waals surface area contributed by atoms with E-state index >= 15 is 0 Å². The maximum atomic E-state index is 12.4. The van der Waals surface area contributed by atoms with Crippen molar-refractivity contribution >= 4 is 34.8 Å². The fourth-order valence-electron chi connectivity index (χ4n) is 3.04. The Labute approximate surface area is 161 Å². The van der Waals surface area contributed by atoms with E-state index in [4.69, 9.17) is 10.5 Å². The van der Waals surface area contributed by atoms with E-state index in [9.17, 15) is 14.4 Å². The molecule has 2 atom stereocenters. The zero-order valence-corrected chi connectivity index (χ0v) is 16.1. The highest BCUT2D eigenvalue weighted by Crippen LogP contribution is 2.32. The van der Waals surface area contributed by atoms with Crippen LogP contribution in [0.2, 0.25) is 0 Å². The van der Waals surface area contributed by atoms with E-state index in [0.717, 1.165) is 19.3 Å². The SMILES string of the molecule is C[C@@H]1CCc2sc(C(=O)O[C@H](C)C(=O)Nc3ccc(C(N)=O)cc3)cc2C1. The fraction of sp³-hybridized carbons (Fsp3) is 0.350. The maximum Gasteiger partial charge on any atom is 0.349 e. The van der Waals surface area contributed by atoms with E-state index < -0.39 is 23.9 Å². The number of esters is 1. The van der Waals surface area contributed by atoms with Gasteiger partial charge in [0.05, 0.1) is 0 Å². The van der Waals surface area contributed by atoms with Crippen LogP contribution in [0.5, 0.6) is 0 Å². The number of aryl methyl sites for hydroxylation is 1. The summed E-state index contributed by atoms with van der Waals surface area (Å²) in [4.78, 5) is 37.5. The summed E-state index contributed by atoms with van der Waals surface area (Å²) in [5.74, 6) is -0.830. The molecule has 0 unspecified atom stereocenters. The normalized spacial score (nSPS) is 16.9. The van der Waals surface area contributed by atoms with E-state index in [1.165, 1.54) is 40.8 Å². The molecule has 1 aromatic carbocycles. The molecule has 2 amide bonds. The molecule has 7 heteroatoms. The number of anilines is 1. The van der Waals surface area contributed by atoms with Gasteiger partial charge in [-0.3, -0.25) is 9.59 Å². The number of primary amides is 1. The monoisotopic (exact) mass is 386 g/mol. The first kappa shape index (κ1) is 19.1.